The lowest BCUT2D eigenvalue weighted by atomic mass is 9.90. The highest BCUT2D eigenvalue weighted by atomic mass is 19.1. The molecule has 0 aliphatic carbocycles. The van der Waals surface area contributed by atoms with Gasteiger partial charge < -0.3 is 20.0 Å². The van der Waals surface area contributed by atoms with Crippen molar-refractivity contribution in [3.05, 3.63) is 69.8 Å². The number of imidazole rings is 1. The Balaban J connectivity index is 1.70. The molecule has 1 aromatic carbocycles. The van der Waals surface area contributed by atoms with Crippen molar-refractivity contribution in [3.8, 4) is 0 Å². The number of rotatable bonds is 3. The number of halogens is 1. The molecule has 1 aliphatic rings. The number of oxazole rings is 1. The molecule has 9 nitrogen and oxygen atoms in total. The molecule has 150 valence electrons. The Hall–Kier alpha value is -3.69. The molecule has 0 fully saturated rings. The van der Waals surface area contributed by atoms with Gasteiger partial charge in [0.25, 0.3) is 5.91 Å². The summed E-state index contributed by atoms with van der Waals surface area (Å²) in [7, 11) is 1.61. The van der Waals surface area contributed by atoms with Gasteiger partial charge >= 0.3 is 5.69 Å². The minimum atomic E-state index is -1.13. The summed E-state index contributed by atoms with van der Waals surface area (Å²) < 4.78 is 22.6. The summed E-state index contributed by atoms with van der Waals surface area (Å²) in [6.07, 6.45) is 2.83. The summed E-state index contributed by atoms with van der Waals surface area (Å²) in [5.41, 5.74) is 5.82. The average Bonchev–Trinajstić information content (AvgIpc) is 3.22. The van der Waals surface area contributed by atoms with Crippen LogP contribution in [0.4, 0.5) is 10.1 Å². The molecular formula is C19H19FN6O3. The molecule has 0 saturated heterocycles. The zero-order valence-corrected chi connectivity index (χ0v) is 16.1. The van der Waals surface area contributed by atoms with Gasteiger partial charge in [-0.2, -0.15) is 0 Å². The van der Waals surface area contributed by atoms with Crippen molar-refractivity contribution in [3.63, 3.8) is 0 Å². The first-order valence-electron chi connectivity index (χ1n) is 8.83. The minimum Gasteiger partial charge on any atom is -0.448 e. The maximum Gasteiger partial charge on any atom is 0.328 e. The van der Waals surface area contributed by atoms with E-state index in [4.69, 9.17) is 10.2 Å². The lowest BCUT2D eigenvalue weighted by molar-refractivity contribution is 0.102. The summed E-state index contributed by atoms with van der Waals surface area (Å²) in [5.74, 6) is -0.508. The van der Waals surface area contributed by atoms with Crippen molar-refractivity contribution in [2.24, 2.45) is 17.8 Å². The van der Waals surface area contributed by atoms with Crippen LogP contribution in [0, 0.1) is 12.7 Å². The van der Waals surface area contributed by atoms with Crippen LogP contribution in [0.2, 0.25) is 0 Å². The van der Waals surface area contributed by atoms with E-state index in [-0.39, 0.29) is 29.3 Å². The summed E-state index contributed by atoms with van der Waals surface area (Å²) in [6, 6.07) is 4.15. The predicted molar refractivity (Wildman–Crippen MR) is 103 cm³/mol. The van der Waals surface area contributed by atoms with Crippen LogP contribution in [0.25, 0.3) is 0 Å². The normalized spacial score (nSPS) is 18.3. The first kappa shape index (κ1) is 18.7. The molecule has 3 aromatic rings. The molecule has 2 aromatic heterocycles. The summed E-state index contributed by atoms with van der Waals surface area (Å²) in [6.45, 7) is 3.42. The molecule has 0 spiro atoms. The van der Waals surface area contributed by atoms with E-state index >= 15 is 0 Å². The highest BCUT2D eigenvalue weighted by Gasteiger charge is 2.36. The zero-order valence-electron chi connectivity index (χ0n) is 16.1. The highest BCUT2D eigenvalue weighted by Crippen LogP contribution is 2.34. The first-order valence-corrected chi connectivity index (χ1v) is 8.83. The number of benzene rings is 1. The molecule has 29 heavy (non-hydrogen) atoms. The van der Waals surface area contributed by atoms with Crippen LogP contribution in [0.3, 0.4) is 0 Å². The van der Waals surface area contributed by atoms with E-state index in [0.717, 1.165) is 0 Å². The fourth-order valence-corrected chi connectivity index (χ4v) is 3.45. The van der Waals surface area contributed by atoms with Crippen LogP contribution in [-0.4, -0.2) is 25.9 Å². The van der Waals surface area contributed by atoms with Gasteiger partial charge in [0.2, 0.25) is 0 Å². The number of nitrogens with one attached hydrogen (secondary N) is 1. The van der Waals surface area contributed by atoms with Gasteiger partial charge in [-0.05, 0) is 25.1 Å². The molecule has 3 heterocycles. The minimum absolute atomic E-state index is 0.111. The van der Waals surface area contributed by atoms with Crippen molar-refractivity contribution in [1.82, 2.24) is 14.1 Å². The Morgan fingerprint density at radius 1 is 1.41 bits per heavy atom. The van der Waals surface area contributed by atoms with E-state index in [1.165, 1.54) is 33.6 Å². The van der Waals surface area contributed by atoms with Gasteiger partial charge in [-0.25, -0.2) is 14.2 Å². The third kappa shape index (κ3) is 3.12. The number of nitrogens with two attached hydrogens (primary N) is 1. The second-order valence-corrected chi connectivity index (χ2v) is 7.17. The number of fused-ring (bicyclic) bond motifs is 1. The molecule has 3 N–H and O–H groups in total. The quantitative estimate of drug-likeness (QED) is 0.693. The van der Waals surface area contributed by atoms with Crippen LogP contribution < -0.4 is 16.7 Å². The van der Waals surface area contributed by atoms with Crippen LogP contribution >= 0.6 is 0 Å². The van der Waals surface area contributed by atoms with E-state index < -0.39 is 17.3 Å². The highest BCUT2D eigenvalue weighted by molar-refractivity contribution is 6.02. The molecule has 0 bridgehead atoms. The van der Waals surface area contributed by atoms with Gasteiger partial charge in [-0.3, -0.25) is 14.4 Å². The van der Waals surface area contributed by atoms with E-state index in [2.05, 4.69) is 15.3 Å². The number of aromatic nitrogens is 3. The Morgan fingerprint density at radius 2 is 2.17 bits per heavy atom. The maximum atomic E-state index is 14.7. The maximum absolute atomic E-state index is 14.7. The molecule has 4 rings (SSSR count). The fraction of sp³-hybridized carbons (Fsp3) is 0.263. The number of anilines is 1. The second-order valence-electron chi connectivity index (χ2n) is 7.17. The zero-order chi connectivity index (χ0) is 20.9. The molecule has 10 heteroatoms. The largest absolute Gasteiger partial charge is 0.448 e. The number of aliphatic imine (C=N–C) groups is 1. The van der Waals surface area contributed by atoms with Gasteiger partial charge in [-0.1, -0.05) is 0 Å². The Labute approximate surface area is 164 Å². The van der Waals surface area contributed by atoms with Crippen molar-refractivity contribution in [2.75, 3.05) is 5.32 Å². The van der Waals surface area contributed by atoms with Crippen LogP contribution in [-0.2, 0) is 19.1 Å². The summed E-state index contributed by atoms with van der Waals surface area (Å²) in [5, 5.41) is 2.66. The van der Waals surface area contributed by atoms with Crippen molar-refractivity contribution >= 4 is 17.4 Å². The predicted octanol–water partition coefficient (Wildman–Crippen LogP) is 1.51. The molecular weight excluding hydrogens is 379 g/mol. The van der Waals surface area contributed by atoms with E-state index in [9.17, 15) is 14.0 Å². The lowest BCUT2D eigenvalue weighted by Crippen LogP contribution is -2.41. The molecule has 0 radical (unpaired) electrons. The van der Waals surface area contributed by atoms with E-state index in [1.54, 1.807) is 27.1 Å². The molecule has 0 saturated carbocycles. The van der Waals surface area contributed by atoms with Crippen molar-refractivity contribution < 1.29 is 13.6 Å². The Kier molecular flexibility index (Phi) is 4.14. The Bertz CT molecular complexity index is 1220. The first-order chi connectivity index (χ1) is 13.7. The van der Waals surface area contributed by atoms with Gasteiger partial charge in [0.05, 0.1) is 6.54 Å². The van der Waals surface area contributed by atoms with E-state index in [0.29, 0.717) is 17.3 Å². The van der Waals surface area contributed by atoms with Gasteiger partial charge in [0.1, 0.15) is 29.1 Å². The van der Waals surface area contributed by atoms with Crippen molar-refractivity contribution in [2.45, 2.75) is 25.9 Å². The van der Waals surface area contributed by atoms with Gasteiger partial charge in [0.15, 0.2) is 11.6 Å². The number of hydrogen-bond acceptors (Lipinski definition) is 6. The average molecular weight is 398 g/mol. The molecule has 0 unspecified atom stereocenters. The number of aryl methyl sites for hydroxylation is 2. The van der Waals surface area contributed by atoms with Gasteiger partial charge in [-0.15, -0.1) is 0 Å². The number of nitrogens with zero attached hydrogens (tertiary/aromatic N) is 4. The second kappa shape index (κ2) is 6.43. The molecule has 1 amide bonds. The topological polar surface area (TPSA) is 120 Å². The number of carbonyl (C=O) groups excluding carboxylic acids is 1. The lowest BCUT2D eigenvalue weighted by Gasteiger charge is -2.31. The third-order valence-corrected chi connectivity index (χ3v) is 4.89. The molecule has 1 atom stereocenters. The molecule has 1 aliphatic heterocycles. The summed E-state index contributed by atoms with van der Waals surface area (Å²) in [4.78, 5) is 33.1. The number of hydrogen-bond donors (Lipinski definition) is 2. The number of carbonyl (C=O) groups is 1. The van der Waals surface area contributed by atoms with Crippen LogP contribution in [0.15, 0.2) is 44.9 Å². The fourth-order valence-electron chi connectivity index (χ4n) is 3.45. The van der Waals surface area contributed by atoms with Crippen molar-refractivity contribution in [1.29, 1.82) is 0 Å². The number of amides is 1. The smallest absolute Gasteiger partial charge is 0.328 e. The third-order valence-electron chi connectivity index (χ3n) is 4.89. The number of amidine groups is 1. The standard InChI is InChI=1S/C19H19FN6O3/c1-10-22-14(8-29-10)17(27)23-11-4-5-13(20)12(6-11)19(2)9-26-15(16(21)24-19)7-25(3)18(26)28/h4-8H,9H2,1-3H3,(H2,21,24)(H,23,27)/t19-/m0/s1. The SMILES string of the molecule is Cc1nc(C(=O)Nc2ccc(F)c([C@]3(C)Cn4c(cn(C)c4=O)C(N)=N3)c2)co1. The monoisotopic (exact) mass is 398 g/mol. The van der Waals surface area contributed by atoms with Gasteiger partial charge in [0, 0.05) is 31.4 Å². The van der Waals surface area contributed by atoms with E-state index in [1.807, 2.05) is 0 Å². The van der Waals surface area contributed by atoms with Crippen LogP contribution in [0.1, 0.15) is 34.6 Å². The van der Waals surface area contributed by atoms with Crippen LogP contribution in [0.5, 0.6) is 0 Å². The Morgan fingerprint density at radius 3 is 2.86 bits per heavy atom. The summed E-state index contributed by atoms with van der Waals surface area (Å²) >= 11 is 0.